The lowest BCUT2D eigenvalue weighted by Crippen LogP contribution is -2.32. The summed E-state index contributed by atoms with van der Waals surface area (Å²) in [6.45, 7) is 0.319. The number of carbonyl (C=O) groups excluding carboxylic acids is 2. The van der Waals surface area contributed by atoms with Crippen LogP contribution in [0.5, 0.6) is 0 Å². The van der Waals surface area contributed by atoms with Crippen LogP contribution in [-0.4, -0.2) is 22.8 Å². The maximum atomic E-state index is 12.2. The summed E-state index contributed by atoms with van der Waals surface area (Å²) in [5.41, 5.74) is 1.09. The van der Waals surface area contributed by atoms with E-state index in [9.17, 15) is 9.59 Å². The molecule has 1 aromatic heterocycles. The normalized spacial score (nSPS) is 14.5. The van der Waals surface area contributed by atoms with Gasteiger partial charge in [0, 0.05) is 23.0 Å². The summed E-state index contributed by atoms with van der Waals surface area (Å²) in [6.07, 6.45) is 4.33. The number of hydrogen-bond acceptors (Lipinski definition) is 4. The number of rotatable bonds is 5. The molecule has 126 valence electrons. The molecule has 0 atom stereocenters. The number of aromatic nitrogens is 1. The molecule has 7 heteroatoms. The lowest BCUT2D eigenvalue weighted by Gasteiger charge is -2.09. The van der Waals surface area contributed by atoms with E-state index in [-0.39, 0.29) is 23.6 Å². The summed E-state index contributed by atoms with van der Waals surface area (Å²) in [6, 6.07) is 7.56. The molecule has 0 saturated heterocycles. The van der Waals surface area contributed by atoms with Gasteiger partial charge in [0.05, 0.1) is 0 Å². The van der Waals surface area contributed by atoms with Gasteiger partial charge in [-0.3, -0.25) is 9.59 Å². The number of amides is 2. The maximum Gasteiger partial charge on any atom is 0.280 e. The Kier molecular flexibility index (Phi) is 5.48. The lowest BCUT2D eigenvalue weighted by atomic mass is 10.2. The summed E-state index contributed by atoms with van der Waals surface area (Å²) in [7, 11) is 0. The molecule has 2 aromatic rings. The van der Waals surface area contributed by atoms with E-state index in [1.807, 2.05) is 18.2 Å². The molecule has 0 bridgehead atoms. The van der Waals surface area contributed by atoms with Crippen molar-refractivity contribution in [3.63, 3.8) is 0 Å². The van der Waals surface area contributed by atoms with Crippen molar-refractivity contribution in [1.82, 2.24) is 15.6 Å². The Morgan fingerprint density at radius 1 is 1.21 bits per heavy atom. The predicted molar refractivity (Wildman–Crippen MR) is 94.5 cm³/mol. The molecule has 1 aliphatic rings. The van der Waals surface area contributed by atoms with E-state index in [0.29, 0.717) is 16.6 Å². The second kappa shape index (κ2) is 7.77. The number of hydrogen-bond donors (Lipinski definition) is 2. The highest BCUT2D eigenvalue weighted by molar-refractivity contribution is 7.11. The number of thiazole rings is 1. The Morgan fingerprint density at radius 2 is 1.96 bits per heavy atom. The molecule has 0 unspecified atom stereocenters. The fourth-order valence-corrected chi connectivity index (χ4v) is 3.61. The minimum atomic E-state index is -0.314. The number of nitrogens with zero attached hydrogens (tertiary/aromatic N) is 1. The van der Waals surface area contributed by atoms with Gasteiger partial charge in [-0.1, -0.05) is 42.6 Å². The minimum absolute atomic E-state index is 0.197. The van der Waals surface area contributed by atoms with E-state index in [2.05, 4.69) is 15.6 Å². The summed E-state index contributed by atoms with van der Waals surface area (Å²) >= 11 is 7.25. The third-order valence-electron chi connectivity index (χ3n) is 4.02. The van der Waals surface area contributed by atoms with Crippen LogP contribution >= 0.6 is 22.9 Å². The summed E-state index contributed by atoms with van der Waals surface area (Å²) in [4.78, 5) is 28.5. The quantitative estimate of drug-likeness (QED) is 0.855. The zero-order chi connectivity index (χ0) is 16.9. The van der Waals surface area contributed by atoms with Crippen LogP contribution in [0.15, 0.2) is 29.6 Å². The van der Waals surface area contributed by atoms with Crippen LogP contribution in [0.3, 0.4) is 0 Å². The first-order valence-electron chi connectivity index (χ1n) is 7.91. The number of halogens is 1. The van der Waals surface area contributed by atoms with Crippen molar-refractivity contribution < 1.29 is 9.59 Å². The fraction of sp³-hybridized carbons (Fsp3) is 0.353. The van der Waals surface area contributed by atoms with Gasteiger partial charge in [-0.25, -0.2) is 4.98 Å². The van der Waals surface area contributed by atoms with Crippen LogP contribution in [0.1, 0.15) is 51.5 Å². The van der Waals surface area contributed by atoms with Crippen LogP contribution < -0.4 is 10.6 Å². The first-order valence-corrected chi connectivity index (χ1v) is 9.17. The second-order valence-electron chi connectivity index (χ2n) is 5.77. The van der Waals surface area contributed by atoms with Crippen molar-refractivity contribution >= 4 is 34.8 Å². The van der Waals surface area contributed by atoms with Crippen molar-refractivity contribution in [2.75, 3.05) is 0 Å². The molecule has 2 amide bonds. The monoisotopic (exact) mass is 363 g/mol. The van der Waals surface area contributed by atoms with Crippen molar-refractivity contribution in [1.29, 1.82) is 0 Å². The first kappa shape index (κ1) is 16.9. The van der Waals surface area contributed by atoms with E-state index in [0.717, 1.165) is 31.2 Å². The number of nitrogens with one attached hydrogen (secondary N) is 2. The molecule has 1 aromatic carbocycles. The van der Waals surface area contributed by atoms with E-state index in [1.165, 1.54) is 11.3 Å². The standard InChI is InChI=1S/C17H18ClN3O2S/c18-13-8-4-1-5-11(13)9-19-15(22)14-10-24-17(21-14)16(23)20-12-6-2-3-7-12/h1,4-5,8,10,12H,2-3,6-7,9H2,(H,19,22)(H,20,23). The van der Waals surface area contributed by atoms with Gasteiger partial charge in [-0.2, -0.15) is 0 Å². The Bertz CT molecular complexity index is 741. The van der Waals surface area contributed by atoms with Gasteiger partial charge in [0.2, 0.25) is 0 Å². The maximum absolute atomic E-state index is 12.2. The molecule has 1 fully saturated rings. The average molecular weight is 364 g/mol. The zero-order valence-electron chi connectivity index (χ0n) is 13.0. The molecule has 5 nitrogen and oxygen atoms in total. The lowest BCUT2D eigenvalue weighted by molar-refractivity contribution is 0.0937. The molecule has 1 aliphatic carbocycles. The van der Waals surface area contributed by atoms with Crippen molar-refractivity contribution in [3.8, 4) is 0 Å². The Balaban J connectivity index is 1.57. The van der Waals surface area contributed by atoms with Crippen LogP contribution in [0.2, 0.25) is 5.02 Å². The van der Waals surface area contributed by atoms with Crippen LogP contribution in [0.4, 0.5) is 0 Å². The largest absolute Gasteiger partial charge is 0.347 e. The number of carbonyl (C=O) groups is 2. The van der Waals surface area contributed by atoms with E-state index in [1.54, 1.807) is 11.4 Å². The molecule has 3 rings (SSSR count). The predicted octanol–water partition coefficient (Wildman–Crippen LogP) is 3.40. The topological polar surface area (TPSA) is 71.1 Å². The highest BCUT2D eigenvalue weighted by Crippen LogP contribution is 2.19. The molecule has 0 aliphatic heterocycles. The van der Waals surface area contributed by atoms with Crippen LogP contribution in [0.25, 0.3) is 0 Å². The highest BCUT2D eigenvalue weighted by Gasteiger charge is 2.21. The summed E-state index contributed by atoms with van der Waals surface area (Å²) in [5.74, 6) is -0.511. The molecule has 1 saturated carbocycles. The Hall–Kier alpha value is -1.92. The van der Waals surface area contributed by atoms with Gasteiger partial charge >= 0.3 is 0 Å². The summed E-state index contributed by atoms with van der Waals surface area (Å²) in [5, 5.41) is 8.27. The van der Waals surface area contributed by atoms with E-state index < -0.39 is 0 Å². The Morgan fingerprint density at radius 3 is 2.71 bits per heavy atom. The molecular weight excluding hydrogens is 346 g/mol. The van der Waals surface area contributed by atoms with Crippen molar-refractivity contribution in [2.45, 2.75) is 38.3 Å². The SMILES string of the molecule is O=C(NCc1ccccc1Cl)c1csc(C(=O)NC2CCCC2)n1. The van der Waals surface area contributed by atoms with Crippen molar-refractivity contribution in [2.24, 2.45) is 0 Å². The van der Waals surface area contributed by atoms with Gasteiger partial charge in [0.1, 0.15) is 5.69 Å². The third-order valence-corrected chi connectivity index (χ3v) is 5.23. The van der Waals surface area contributed by atoms with Crippen molar-refractivity contribution in [3.05, 3.63) is 50.9 Å². The first-order chi connectivity index (χ1) is 11.6. The average Bonchev–Trinajstić information content (AvgIpc) is 3.25. The molecule has 2 N–H and O–H groups in total. The van der Waals surface area contributed by atoms with Gasteiger partial charge in [0.15, 0.2) is 5.01 Å². The van der Waals surface area contributed by atoms with E-state index in [4.69, 9.17) is 11.6 Å². The fourth-order valence-electron chi connectivity index (χ4n) is 2.71. The molecule has 1 heterocycles. The molecular formula is C17H18ClN3O2S. The highest BCUT2D eigenvalue weighted by atomic mass is 35.5. The van der Waals surface area contributed by atoms with Crippen LogP contribution in [-0.2, 0) is 6.54 Å². The zero-order valence-corrected chi connectivity index (χ0v) is 14.6. The molecule has 0 spiro atoms. The van der Waals surface area contributed by atoms with E-state index >= 15 is 0 Å². The van der Waals surface area contributed by atoms with Gasteiger partial charge in [-0.05, 0) is 24.5 Å². The third kappa shape index (κ3) is 4.13. The smallest absolute Gasteiger partial charge is 0.280 e. The Labute approximate surface area is 149 Å². The molecule has 24 heavy (non-hydrogen) atoms. The van der Waals surface area contributed by atoms with Gasteiger partial charge in [-0.15, -0.1) is 11.3 Å². The second-order valence-corrected chi connectivity index (χ2v) is 7.03. The molecule has 0 radical (unpaired) electrons. The van der Waals surface area contributed by atoms with Crippen LogP contribution in [0, 0.1) is 0 Å². The summed E-state index contributed by atoms with van der Waals surface area (Å²) < 4.78 is 0. The minimum Gasteiger partial charge on any atom is -0.347 e. The number of benzene rings is 1. The van der Waals surface area contributed by atoms with Gasteiger partial charge in [0.25, 0.3) is 11.8 Å². The van der Waals surface area contributed by atoms with Gasteiger partial charge < -0.3 is 10.6 Å².